The largest absolute Gasteiger partial charge is 0.370 e. The van der Waals surface area contributed by atoms with Gasteiger partial charge in [0.05, 0.1) is 6.04 Å². The van der Waals surface area contributed by atoms with Gasteiger partial charge in [-0.05, 0) is 6.42 Å². The van der Waals surface area contributed by atoms with Crippen LogP contribution in [0.25, 0.3) is 0 Å². The van der Waals surface area contributed by atoms with Crippen molar-refractivity contribution in [2.24, 2.45) is 11.5 Å². The summed E-state index contributed by atoms with van der Waals surface area (Å²) in [4.78, 5) is 0. The van der Waals surface area contributed by atoms with E-state index in [1.165, 1.54) is 0 Å². The first kappa shape index (κ1) is 15.8. The van der Waals surface area contributed by atoms with E-state index in [0.717, 1.165) is 0 Å². The molecule has 0 aliphatic rings. The first-order chi connectivity index (χ1) is 7.64. The fraction of sp³-hybridized carbons (Fsp3) is 0.667. The molecular weight excluding hydrogens is 268 g/mol. The van der Waals surface area contributed by atoms with Crippen LogP contribution in [0.15, 0.2) is 0 Å². The average Bonchev–Trinajstić information content (AvgIpc) is 2.12. The van der Waals surface area contributed by atoms with E-state index in [-0.39, 0.29) is 18.9 Å². The van der Waals surface area contributed by atoms with Crippen LogP contribution in [0.2, 0.25) is 0 Å². The van der Waals surface area contributed by atoms with Crippen LogP contribution in [0.5, 0.6) is 0 Å². The normalized spacial score (nSPS) is 14.7. The summed E-state index contributed by atoms with van der Waals surface area (Å²) in [7, 11) is -4.36. The molecule has 2 unspecified atom stereocenters. The van der Waals surface area contributed by atoms with Gasteiger partial charge in [0.15, 0.2) is 11.9 Å². The zero-order valence-electron chi connectivity index (χ0n) is 8.84. The Hall–Kier alpha value is -1.20. The van der Waals surface area contributed by atoms with Crippen molar-refractivity contribution in [2.45, 2.75) is 17.0 Å². The first-order valence-corrected chi connectivity index (χ1v) is 6.49. The van der Waals surface area contributed by atoms with Crippen LogP contribution in [0, 0.1) is 10.8 Å². The van der Waals surface area contributed by atoms with Crippen molar-refractivity contribution in [1.29, 1.82) is 10.8 Å². The Morgan fingerprint density at radius 3 is 2.24 bits per heavy atom. The second kappa shape index (κ2) is 6.51. The van der Waals surface area contributed by atoms with Crippen molar-refractivity contribution in [3.63, 3.8) is 0 Å². The van der Waals surface area contributed by atoms with Crippen molar-refractivity contribution in [3.05, 3.63) is 0 Å². The van der Waals surface area contributed by atoms with Crippen LogP contribution in [-0.2, 0) is 10.1 Å². The minimum Gasteiger partial charge on any atom is -0.370 e. The second-order valence-corrected chi connectivity index (χ2v) is 5.64. The molecule has 9 N–H and O–H groups in total. The van der Waals surface area contributed by atoms with Gasteiger partial charge in [-0.1, -0.05) is 0 Å². The summed E-state index contributed by atoms with van der Waals surface area (Å²) in [6, 6.07) is -0.877. The molecule has 0 amide bonds. The summed E-state index contributed by atoms with van der Waals surface area (Å²) in [6.07, 6.45) is 0.146. The molecule has 100 valence electrons. The van der Waals surface area contributed by atoms with Crippen molar-refractivity contribution < 1.29 is 13.0 Å². The van der Waals surface area contributed by atoms with Crippen LogP contribution in [0.1, 0.15) is 6.42 Å². The van der Waals surface area contributed by atoms with Gasteiger partial charge in [0.1, 0.15) is 4.58 Å². The maximum Gasteiger partial charge on any atom is 0.279 e. The van der Waals surface area contributed by atoms with Gasteiger partial charge in [0.25, 0.3) is 10.1 Å². The third-order valence-electron chi connectivity index (χ3n) is 1.76. The molecule has 17 heavy (non-hydrogen) atoms. The van der Waals surface area contributed by atoms with Gasteiger partial charge in [-0.25, -0.2) is 0 Å². The highest BCUT2D eigenvalue weighted by Crippen LogP contribution is 2.12. The summed E-state index contributed by atoms with van der Waals surface area (Å²) in [5.74, 6) is -0.713. The van der Waals surface area contributed by atoms with Crippen molar-refractivity contribution in [1.82, 2.24) is 10.6 Å². The van der Waals surface area contributed by atoms with Gasteiger partial charge < -0.3 is 22.1 Å². The molecule has 0 aromatic rings. The highest BCUT2D eigenvalue weighted by Gasteiger charge is 2.28. The van der Waals surface area contributed by atoms with Crippen molar-refractivity contribution in [2.75, 3.05) is 6.54 Å². The molecule has 0 aliphatic heterocycles. The highest BCUT2D eigenvalue weighted by molar-refractivity contribution is 8.01. The van der Waals surface area contributed by atoms with E-state index >= 15 is 0 Å². The topological polar surface area (TPSA) is 178 Å². The van der Waals surface area contributed by atoms with Gasteiger partial charge in [0.2, 0.25) is 0 Å². The van der Waals surface area contributed by atoms with E-state index in [2.05, 4.69) is 23.3 Å². The lowest BCUT2D eigenvalue weighted by atomic mass is 10.2. The predicted octanol–water partition coefficient (Wildman–Crippen LogP) is -2.15. The van der Waals surface area contributed by atoms with Crippen LogP contribution in [0.3, 0.4) is 0 Å². The number of hydrogen-bond donors (Lipinski definition) is 8. The molecule has 0 aromatic carbocycles. The summed E-state index contributed by atoms with van der Waals surface area (Å²) in [5, 5.41) is 18.7. The van der Waals surface area contributed by atoms with Crippen LogP contribution < -0.4 is 22.1 Å². The predicted molar refractivity (Wildman–Crippen MR) is 67.7 cm³/mol. The van der Waals surface area contributed by atoms with E-state index < -0.39 is 26.7 Å². The molecule has 2 atom stereocenters. The third-order valence-corrected chi connectivity index (χ3v) is 3.86. The fourth-order valence-corrected chi connectivity index (χ4v) is 1.90. The Bertz CT molecular complexity index is 383. The number of hydrogen-bond acceptors (Lipinski definition) is 5. The Morgan fingerprint density at radius 1 is 1.35 bits per heavy atom. The molecule has 0 bridgehead atoms. The number of nitrogens with two attached hydrogens (primary N) is 2. The molecule has 0 aromatic heterocycles. The minimum absolute atomic E-state index is 0.146. The summed E-state index contributed by atoms with van der Waals surface area (Å²) in [5.41, 5.74) is 10.1. The van der Waals surface area contributed by atoms with Gasteiger partial charge in [-0.2, -0.15) is 21.0 Å². The number of thiol groups is 1. The maximum absolute atomic E-state index is 10.9. The number of guanidine groups is 2. The molecule has 9 nitrogen and oxygen atoms in total. The van der Waals surface area contributed by atoms with E-state index in [0.29, 0.717) is 0 Å². The van der Waals surface area contributed by atoms with Gasteiger partial charge in [0, 0.05) is 6.54 Å². The van der Waals surface area contributed by atoms with Crippen molar-refractivity contribution in [3.8, 4) is 0 Å². The second-order valence-electron chi connectivity index (χ2n) is 3.20. The van der Waals surface area contributed by atoms with E-state index in [4.69, 9.17) is 26.8 Å². The van der Waals surface area contributed by atoms with Crippen molar-refractivity contribution >= 4 is 34.7 Å². The third kappa shape index (κ3) is 6.86. The lowest BCUT2D eigenvalue weighted by molar-refractivity contribution is 0.462. The molecule has 0 saturated carbocycles. The molecule has 11 heteroatoms. The maximum atomic E-state index is 10.9. The minimum atomic E-state index is -4.36. The summed E-state index contributed by atoms with van der Waals surface area (Å²) < 4.78 is 29.2. The smallest absolute Gasteiger partial charge is 0.279 e. The zero-order valence-corrected chi connectivity index (χ0v) is 10.6. The first-order valence-electron chi connectivity index (χ1n) is 4.47. The van der Waals surface area contributed by atoms with Gasteiger partial charge in [-0.3, -0.25) is 15.4 Å². The Balaban J connectivity index is 4.54. The SMILES string of the molecule is N=C(N)NCCC(NC(=N)N)C(S)S(=O)(=O)O. The lowest BCUT2D eigenvalue weighted by Gasteiger charge is -2.22. The summed E-state index contributed by atoms with van der Waals surface area (Å²) >= 11 is 3.74. The number of nitrogens with one attached hydrogen (secondary N) is 4. The quantitative estimate of drug-likeness (QED) is 0.118. The monoisotopic (exact) mass is 284 g/mol. The van der Waals surface area contributed by atoms with Crippen LogP contribution >= 0.6 is 12.6 Å². The molecule has 0 radical (unpaired) electrons. The molecule has 0 aliphatic carbocycles. The Morgan fingerprint density at radius 2 is 1.88 bits per heavy atom. The molecule has 0 heterocycles. The summed E-state index contributed by atoms with van der Waals surface area (Å²) in [6.45, 7) is 0.173. The van der Waals surface area contributed by atoms with Gasteiger partial charge in [-0.15, -0.1) is 0 Å². The van der Waals surface area contributed by atoms with Crippen LogP contribution in [0.4, 0.5) is 0 Å². The van der Waals surface area contributed by atoms with E-state index in [1.807, 2.05) is 0 Å². The Labute approximate surface area is 104 Å². The zero-order chi connectivity index (χ0) is 13.6. The fourth-order valence-electron chi connectivity index (χ4n) is 1.06. The van der Waals surface area contributed by atoms with E-state index in [9.17, 15) is 8.42 Å². The average molecular weight is 284 g/mol. The highest BCUT2D eigenvalue weighted by atomic mass is 32.3. The molecule has 0 fully saturated rings. The van der Waals surface area contributed by atoms with E-state index in [1.54, 1.807) is 0 Å². The molecular formula is C6H16N6O3S2. The Kier molecular flexibility index (Phi) is 6.05. The standard InChI is InChI=1S/C6H16N6O3S2/c7-5(8)11-2-1-3(12-6(9)10)4(16)17(13,14)15/h3-4,16H,1-2H2,(H4,7,8,11)(H4,9,10,12)(H,13,14,15). The van der Waals surface area contributed by atoms with Crippen LogP contribution in [-0.4, -0.2) is 42.1 Å². The lowest BCUT2D eigenvalue weighted by Crippen LogP contribution is -2.48. The molecule has 0 spiro atoms. The number of rotatable bonds is 6. The molecule has 0 saturated heterocycles. The molecule has 0 rings (SSSR count). The van der Waals surface area contributed by atoms with Gasteiger partial charge >= 0.3 is 0 Å².